The van der Waals surface area contributed by atoms with E-state index in [9.17, 15) is 4.79 Å². The van der Waals surface area contributed by atoms with Gasteiger partial charge in [0.2, 0.25) is 0 Å². The van der Waals surface area contributed by atoms with Crippen LogP contribution < -0.4 is 5.73 Å². The summed E-state index contributed by atoms with van der Waals surface area (Å²) < 4.78 is 4.74. The lowest BCUT2D eigenvalue weighted by molar-refractivity contribution is -0.144. The van der Waals surface area contributed by atoms with Crippen molar-refractivity contribution in [3.63, 3.8) is 0 Å². The Morgan fingerprint density at radius 2 is 2.53 bits per heavy atom. The Labute approximate surface area is 110 Å². The van der Waals surface area contributed by atoms with Gasteiger partial charge in [0, 0.05) is 24.2 Å². The van der Waals surface area contributed by atoms with Gasteiger partial charge in [-0.05, 0) is 13.0 Å². The fourth-order valence-electron chi connectivity index (χ4n) is 1.95. The molecular weight excluding hydrogens is 262 g/mol. The van der Waals surface area contributed by atoms with Gasteiger partial charge >= 0.3 is 5.97 Å². The molecule has 1 unspecified atom stereocenters. The second-order valence-electron chi connectivity index (χ2n) is 3.91. The Kier molecular flexibility index (Phi) is 5.17. The predicted molar refractivity (Wildman–Crippen MR) is 69.2 cm³/mol. The van der Waals surface area contributed by atoms with Crippen LogP contribution in [0.5, 0.6) is 0 Å². The van der Waals surface area contributed by atoms with Gasteiger partial charge in [0.1, 0.15) is 0 Å². The number of rotatable bonds is 3. The fraction of sp³-hybridized carbons (Fsp3) is 0.600. The van der Waals surface area contributed by atoms with Gasteiger partial charge in [-0.25, -0.2) is 4.98 Å². The fourth-order valence-corrected chi connectivity index (χ4v) is 2.68. The van der Waals surface area contributed by atoms with Crippen molar-refractivity contribution >= 4 is 34.8 Å². The molecule has 1 saturated heterocycles. The summed E-state index contributed by atoms with van der Waals surface area (Å²) in [5, 5.41) is 0.596. The Hall–Kier alpha value is -0.850. The highest BCUT2D eigenvalue weighted by Gasteiger charge is 2.28. The van der Waals surface area contributed by atoms with Crippen LogP contribution in [0.25, 0.3) is 0 Å². The lowest BCUT2D eigenvalue weighted by Gasteiger charge is -2.13. The Morgan fingerprint density at radius 1 is 1.76 bits per heavy atom. The van der Waals surface area contributed by atoms with Gasteiger partial charge in [-0.1, -0.05) is 0 Å². The van der Waals surface area contributed by atoms with E-state index < -0.39 is 0 Å². The Balaban J connectivity index is 0.00000144. The zero-order valence-electron chi connectivity index (χ0n) is 9.59. The van der Waals surface area contributed by atoms with Gasteiger partial charge in [-0.3, -0.25) is 9.69 Å². The molecule has 0 aromatic carbocycles. The molecule has 0 bridgehead atoms. The summed E-state index contributed by atoms with van der Waals surface area (Å²) in [7, 11) is 1.44. The summed E-state index contributed by atoms with van der Waals surface area (Å²) in [6, 6.07) is 0. The Bertz CT molecular complexity index is 385. The number of carbonyl (C=O) groups excluding carboxylic acids is 1. The van der Waals surface area contributed by atoms with Crippen molar-refractivity contribution in [3.05, 3.63) is 11.1 Å². The first-order valence-corrected chi connectivity index (χ1v) is 6.01. The van der Waals surface area contributed by atoms with Crippen molar-refractivity contribution in [2.45, 2.75) is 13.0 Å². The number of halogens is 1. The smallest absolute Gasteiger partial charge is 0.310 e. The summed E-state index contributed by atoms with van der Waals surface area (Å²) in [4.78, 5) is 18.7. The molecule has 1 aliphatic rings. The summed E-state index contributed by atoms with van der Waals surface area (Å²) in [6.45, 7) is 2.52. The molecule has 17 heavy (non-hydrogen) atoms. The summed E-state index contributed by atoms with van der Waals surface area (Å²) >= 11 is 1.50. The van der Waals surface area contributed by atoms with Gasteiger partial charge < -0.3 is 10.5 Å². The first-order chi connectivity index (χ1) is 7.69. The SMILES string of the molecule is COC(=O)C1CCN(Cc2cnc(N)s2)C1.Cl. The number of anilines is 1. The van der Waals surface area contributed by atoms with Crippen LogP contribution in [0.15, 0.2) is 6.20 Å². The van der Waals surface area contributed by atoms with Crippen molar-refractivity contribution in [2.24, 2.45) is 5.92 Å². The maximum Gasteiger partial charge on any atom is 0.310 e. The summed E-state index contributed by atoms with van der Waals surface area (Å²) in [5.41, 5.74) is 5.56. The van der Waals surface area contributed by atoms with E-state index in [-0.39, 0.29) is 24.3 Å². The van der Waals surface area contributed by atoms with Crippen molar-refractivity contribution in [2.75, 3.05) is 25.9 Å². The zero-order valence-corrected chi connectivity index (χ0v) is 11.2. The number of esters is 1. The first kappa shape index (κ1) is 14.2. The molecule has 1 atom stereocenters. The molecule has 0 spiro atoms. The molecule has 2 N–H and O–H groups in total. The van der Waals surface area contributed by atoms with E-state index in [0.29, 0.717) is 5.13 Å². The third-order valence-electron chi connectivity index (χ3n) is 2.76. The minimum absolute atomic E-state index is 0. The first-order valence-electron chi connectivity index (χ1n) is 5.19. The number of thiazole rings is 1. The van der Waals surface area contributed by atoms with E-state index in [4.69, 9.17) is 10.5 Å². The zero-order chi connectivity index (χ0) is 11.5. The molecule has 5 nitrogen and oxygen atoms in total. The minimum atomic E-state index is -0.105. The average Bonchev–Trinajstić information content (AvgIpc) is 2.87. The third-order valence-corrected chi connectivity index (χ3v) is 3.57. The van der Waals surface area contributed by atoms with Crippen molar-refractivity contribution in [1.29, 1.82) is 0 Å². The molecule has 2 rings (SSSR count). The summed E-state index contributed by atoms with van der Waals surface area (Å²) in [6.07, 6.45) is 2.67. The number of methoxy groups -OCH3 is 1. The lowest BCUT2D eigenvalue weighted by Crippen LogP contribution is -2.23. The van der Waals surface area contributed by atoms with Gasteiger partial charge in [0.05, 0.1) is 13.0 Å². The molecule has 0 amide bonds. The van der Waals surface area contributed by atoms with E-state index in [1.807, 2.05) is 0 Å². The number of hydrogen-bond acceptors (Lipinski definition) is 6. The van der Waals surface area contributed by atoms with Crippen LogP contribution in [0.4, 0.5) is 5.13 Å². The monoisotopic (exact) mass is 277 g/mol. The van der Waals surface area contributed by atoms with Crippen LogP contribution in [-0.4, -0.2) is 36.1 Å². The predicted octanol–water partition coefficient (Wildman–Crippen LogP) is 1.14. The Morgan fingerprint density at radius 3 is 3.12 bits per heavy atom. The van der Waals surface area contributed by atoms with Gasteiger partial charge in [0.25, 0.3) is 0 Å². The minimum Gasteiger partial charge on any atom is -0.469 e. The van der Waals surface area contributed by atoms with Crippen LogP contribution in [0, 0.1) is 5.92 Å². The normalized spacial score (nSPS) is 19.9. The van der Waals surface area contributed by atoms with Crippen molar-refractivity contribution in [1.82, 2.24) is 9.88 Å². The van der Waals surface area contributed by atoms with E-state index in [0.717, 1.165) is 30.9 Å². The van der Waals surface area contributed by atoms with Crippen LogP contribution in [0.3, 0.4) is 0 Å². The van der Waals surface area contributed by atoms with E-state index in [2.05, 4.69) is 9.88 Å². The van der Waals surface area contributed by atoms with Crippen LogP contribution in [0.1, 0.15) is 11.3 Å². The van der Waals surface area contributed by atoms with E-state index >= 15 is 0 Å². The third kappa shape index (κ3) is 3.55. The maximum absolute atomic E-state index is 11.3. The van der Waals surface area contributed by atoms with Crippen LogP contribution >= 0.6 is 23.7 Å². The van der Waals surface area contributed by atoms with Crippen molar-refractivity contribution < 1.29 is 9.53 Å². The van der Waals surface area contributed by atoms with E-state index in [1.165, 1.54) is 18.4 Å². The molecule has 96 valence electrons. The summed E-state index contributed by atoms with van der Waals surface area (Å²) in [5.74, 6) is -0.0819. The highest BCUT2D eigenvalue weighted by atomic mass is 35.5. The molecule has 2 heterocycles. The largest absolute Gasteiger partial charge is 0.469 e. The number of ether oxygens (including phenoxy) is 1. The second kappa shape index (κ2) is 6.18. The molecule has 1 aliphatic heterocycles. The highest BCUT2D eigenvalue weighted by Crippen LogP contribution is 2.22. The van der Waals surface area contributed by atoms with Crippen LogP contribution in [-0.2, 0) is 16.1 Å². The lowest BCUT2D eigenvalue weighted by atomic mass is 10.1. The van der Waals surface area contributed by atoms with Crippen LogP contribution in [0.2, 0.25) is 0 Å². The molecule has 1 aromatic heterocycles. The topological polar surface area (TPSA) is 68.5 Å². The molecular formula is C10H16ClN3O2S. The van der Waals surface area contributed by atoms with Gasteiger partial charge in [-0.15, -0.1) is 23.7 Å². The molecule has 7 heteroatoms. The number of nitrogens with zero attached hydrogens (tertiary/aromatic N) is 2. The molecule has 0 saturated carbocycles. The molecule has 1 aromatic rings. The number of nitrogen functional groups attached to an aromatic ring is 1. The van der Waals surface area contributed by atoms with Gasteiger partial charge in [0.15, 0.2) is 5.13 Å². The second-order valence-corrected chi connectivity index (χ2v) is 5.06. The van der Waals surface area contributed by atoms with E-state index in [1.54, 1.807) is 6.20 Å². The highest BCUT2D eigenvalue weighted by molar-refractivity contribution is 7.15. The molecule has 1 fully saturated rings. The maximum atomic E-state index is 11.3. The van der Waals surface area contributed by atoms with Crippen molar-refractivity contribution in [3.8, 4) is 0 Å². The van der Waals surface area contributed by atoms with Gasteiger partial charge in [-0.2, -0.15) is 0 Å². The number of nitrogens with two attached hydrogens (primary N) is 1. The quantitative estimate of drug-likeness (QED) is 0.839. The number of carbonyl (C=O) groups is 1. The standard InChI is InChI=1S/C10H15N3O2S.ClH/c1-15-9(14)7-2-3-13(5-7)6-8-4-12-10(11)16-8;/h4,7H,2-3,5-6H2,1H3,(H2,11,12);1H. The number of hydrogen-bond donors (Lipinski definition) is 1. The molecule has 0 aliphatic carbocycles. The number of likely N-dealkylation sites (tertiary alicyclic amines) is 1. The average molecular weight is 278 g/mol. The number of aromatic nitrogens is 1. The molecule has 0 radical (unpaired) electrons.